The van der Waals surface area contributed by atoms with Crippen molar-refractivity contribution in [3.8, 4) is 0 Å². The Morgan fingerprint density at radius 1 is 1.36 bits per heavy atom. The maximum Gasteiger partial charge on any atom is 0.119 e. The Labute approximate surface area is 65.7 Å². The first-order chi connectivity index (χ1) is 5.09. The minimum Gasteiger partial charge on any atom is -0.211 e. The maximum atomic E-state index is 12.8. The lowest BCUT2D eigenvalue weighted by Gasteiger charge is -1.99. The molecular formula is C8H7BF2. The van der Waals surface area contributed by atoms with E-state index in [4.69, 9.17) is 7.85 Å². The molecule has 56 valence electrons. The highest BCUT2D eigenvalue weighted by Crippen LogP contribution is 2.21. The van der Waals surface area contributed by atoms with Gasteiger partial charge in [0.05, 0.1) is 0 Å². The zero-order valence-electron chi connectivity index (χ0n) is 6.14. The van der Waals surface area contributed by atoms with Crippen molar-refractivity contribution < 1.29 is 8.78 Å². The zero-order valence-corrected chi connectivity index (χ0v) is 6.14. The second-order valence-electron chi connectivity index (χ2n) is 2.51. The molecule has 0 spiro atoms. The summed E-state index contributed by atoms with van der Waals surface area (Å²) in [5.74, 6) is -1.42. The van der Waals surface area contributed by atoms with Crippen LogP contribution in [0.5, 0.6) is 0 Å². The van der Waals surface area contributed by atoms with Crippen molar-refractivity contribution in [2.24, 2.45) is 5.92 Å². The minimum atomic E-state index is -0.521. The predicted octanol–water partition coefficient (Wildman–Crippen LogP) is 2.40. The van der Waals surface area contributed by atoms with Crippen LogP contribution in [-0.4, -0.2) is 7.85 Å². The maximum absolute atomic E-state index is 12.8. The van der Waals surface area contributed by atoms with Gasteiger partial charge in [0.2, 0.25) is 0 Å². The number of allylic oxidation sites excluding steroid dienone is 6. The van der Waals surface area contributed by atoms with E-state index in [0.29, 0.717) is 0 Å². The van der Waals surface area contributed by atoms with Crippen LogP contribution in [0.2, 0.25) is 0 Å². The van der Waals surface area contributed by atoms with Crippen LogP contribution in [-0.2, 0) is 0 Å². The van der Waals surface area contributed by atoms with Gasteiger partial charge in [-0.2, -0.15) is 0 Å². The lowest BCUT2D eigenvalue weighted by molar-refractivity contribution is 0.540. The van der Waals surface area contributed by atoms with Crippen molar-refractivity contribution in [1.82, 2.24) is 0 Å². The van der Waals surface area contributed by atoms with E-state index in [1.165, 1.54) is 6.08 Å². The SMILES string of the molecule is [B]C1=CC(F)=CC(C)C(F)=C1. The molecule has 0 bridgehead atoms. The third-order valence-corrected chi connectivity index (χ3v) is 1.45. The average molecular weight is 152 g/mol. The van der Waals surface area contributed by atoms with Gasteiger partial charge in [0.1, 0.15) is 19.5 Å². The van der Waals surface area contributed by atoms with Gasteiger partial charge in [-0.15, -0.1) is 0 Å². The molecule has 3 heteroatoms. The molecule has 0 nitrogen and oxygen atoms in total. The molecule has 0 N–H and O–H groups in total. The van der Waals surface area contributed by atoms with Gasteiger partial charge in [-0.3, -0.25) is 0 Å². The Kier molecular flexibility index (Phi) is 2.27. The lowest BCUT2D eigenvalue weighted by atomic mass is 9.94. The Morgan fingerprint density at radius 2 is 2.00 bits per heavy atom. The average Bonchev–Trinajstić information content (AvgIpc) is 1.93. The van der Waals surface area contributed by atoms with Gasteiger partial charge in [0.25, 0.3) is 0 Å². The number of rotatable bonds is 0. The van der Waals surface area contributed by atoms with E-state index >= 15 is 0 Å². The first kappa shape index (κ1) is 8.24. The molecule has 1 aliphatic rings. The first-order valence-electron chi connectivity index (χ1n) is 3.31. The van der Waals surface area contributed by atoms with Crippen LogP contribution >= 0.6 is 0 Å². The third kappa shape index (κ3) is 2.04. The predicted molar refractivity (Wildman–Crippen MR) is 41.4 cm³/mol. The molecule has 0 aromatic carbocycles. The van der Waals surface area contributed by atoms with Crippen LogP contribution < -0.4 is 0 Å². The van der Waals surface area contributed by atoms with E-state index in [0.717, 1.165) is 12.2 Å². The molecular weight excluding hydrogens is 145 g/mol. The quantitative estimate of drug-likeness (QED) is 0.467. The highest BCUT2D eigenvalue weighted by atomic mass is 19.1. The molecule has 1 aliphatic carbocycles. The fourth-order valence-electron chi connectivity index (χ4n) is 0.858. The van der Waals surface area contributed by atoms with Crippen molar-refractivity contribution in [2.45, 2.75) is 6.92 Å². The Hall–Kier alpha value is -0.855. The summed E-state index contributed by atoms with van der Waals surface area (Å²) in [4.78, 5) is 0. The summed E-state index contributed by atoms with van der Waals surface area (Å²) in [5, 5.41) is 0. The van der Waals surface area contributed by atoms with Crippen LogP contribution in [0.3, 0.4) is 0 Å². The zero-order chi connectivity index (χ0) is 8.43. The van der Waals surface area contributed by atoms with Crippen molar-refractivity contribution in [2.75, 3.05) is 0 Å². The van der Waals surface area contributed by atoms with Gasteiger partial charge in [-0.1, -0.05) is 12.4 Å². The van der Waals surface area contributed by atoms with Gasteiger partial charge in [-0.25, -0.2) is 8.78 Å². The van der Waals surface area contributed by atoms with Crippen LogP contribution in [0.15, 0.2) is 35.4 Å². The second kappa shape index (κ2) is 3.03. The Balaban J connectivity index is 3.01. The molecule has 0 aliphatic heterocycles. The number of halogens is 2. The third-order valence-electron chi connectivity index (χ3n) is 1.45. The second-order valence-corrected chi connectivity index (χ2v) is 2.51. The highest BCUT2D eigenvalue weighted by molar-refractivity contribution is 6.23. The van der Waals surface area contributed by atoms with Crippen molar-refractivity contribution in [3.05, 3.63) is 35.4 Å². The molecule has 2 radical (unpaired) electrons. The molecule has 0 aromatic heterocycles. The molecule has 11 heavy (non-hydrogen) atoms. The highest BCUT2D eigenvalue weighted by Gasteiger charge is 2.09. The molecule has 0 amide bonds. The van der Waals surface area contributed by atoms with Gasteiger partial charge in [-0.05, 0) is 18.2 Å². The molecule has 1 atom stereocenters. The Morgan fingerprint density at radius 3 is 2.64 bits per heavy atom. The molecule has 0 saturated heterocycles. The van der Waals surface area contributed by atoms with Crippen LogP contribution in [0, 0.1) is 5.92 Å². The van der Waals surface area contributed by atoms with Gasteiger partial charge in [0.15, 0.2) is 0 Å². The van der Waals surface area contributed by atoms with E-state index < -0.39 is 17.6 Å². The van der Waals surface area contributed by atoms with Crippen LogP contribution in [0.1, 0.15) is 6.92 Å². The van der Waals surface area contributed by atoms with Gasteiger partial charge in [0, 0.05) is 5.92 Å². The summed E-state index contributed by atoms with van der Waals surface area (Å²) in [6, 6.07) is 0. The molecule has 1 unspecified atom stereocenters. The van der Waals surface area contributed by atoms with Gasteiger partial charge < -0.3 is 0 Å². The molecule has 0 aromatic rings. The number of hydrogen-bond acceptors (Lipinski definition) is 0. The molecule has 0 heterocycles. The standard InChI is InChI=1S/C8H7BF2/c1-5-2-7(10)3-6(9)4-8(5)11/h2-5H,1H3. The first-order valence-corrected chi connectivity index (χ1v) is 3.31. The summed E-state index contributed by atoms with van der Waals surface area (Å²) in [7, 11) is 5.24. The lowest BCUT2D eigenvalue weighted by Crippen LogP contribution is -1.89. The van der Waals surface area contributed by atoms with Crippen LogP contribution in [0.4, 0.5) is 8.78 Å². The molecule has 0 fully saturated rings. The number of hydrogen-bond donors (Lipinski definition) is 0. The molecule has 1 rings (SSSR count). The largest absolute Gasteiger partial charge is 0.211 e. The molecule has 0 saturated carbocycles. The summed E-state index contributed by atoms with van der Waals surface area (Å²) in [6.45, 7) is 1.57. The summed E-state index contributed by atoms with van der Waals surface area (Å²) >= 11 is 0. The van der Waals surface area contributed by atoms with E-state index in [2.05, 4.69) is 0 Å². The fourth-order valence-corrected chi connectivity index (χ4v) is 0.858. The summed E-state index contributed by atoms with van der Waals surface area (Å²) in [5.41, 5.74) is 0.112. The van der Waals surface area contributed by atoms with E-state index in [1.807, 2.05) is 0 Å². The van der Waals surface area contributed by atoms with Crippen molar-refractivity contribution in [1.29, 1.82) is 0 Å². The topological polar surface area (TPSA) is 0 Å². The fraction of sp³-hybridized carbons (Fsp3) is 0.250. The van der Waals surface area contributed by atoms with Gasteiger partial charge >= 0.3 is 0 Å². The minimum absolute atomic E-state index is 0.112. The normalized spacial score (nSPS) is 25.0. The monoisotopic (exact) mass is 152 g/mol. The van der Waals surface area contributed by atoms with E-state index in [9.17, 15) is 8.78 Å². The van der Waals surface area contributed by atoms with Crippen molar-refractivity contribution >= 4 is 7.85 Å². The smallest absolute Gasteiger partial charge is 0.119 e. The Bertz CT molecular complexity index is 251. The van der Waals surface area contributed by atoms with E-state index in [-0.39, 0.29) is 5.47 Å². The summed E-state index contributed by atoms with van der Waals surface area (Å²) in [6.07, 6.45) is 3.42. The van der Waals surface area contributed by atoms with Crippen molar-refractivity contribution in [3.63, 3.8) is 0 Å². The van der Waals surface area contributed by atoms with E-state index in [1.54, 1.807) is 6.92 Å². The summed E-state index contributed by atoms with van der Waals surface area (Å²) < 4.78 is 25.4. The van der Waals surface area contributed by atoms with Crippen LogP contribution in [0.25, 0.3) is 0 Å².